The lowest BCUT2D eigenvalue weighted by atomic mass is 9.98. The molecule has 2 aromatic carbocycles. The van der Waals surface area contributed by atoms with Gasteiger partial charge in [-0.05, 0) is 35.7 Å². The third kappa shape index (κ3) is 2.90. The van der Waals surface area contributed by atoms with E-state index in [-0.39, 0.29) is 0 Å². The van der Waals surface area contributed by atoms with Crippen molar-refractivity contribution in [3.63, 3.8) is 0 Å². The van der Waals surface area contributed by atoms with Gasteiger partial charge in [0.1, 0.15) is 5.75 Å². The largest absolute Gasteiger partial charge is 0.497 e. The fourth-order valence-electron chi connectivity index (χ4n) is 1.99. The van der Waals surface area contributed by atoms with Crippen LogP contribution in [0.25, 0.3) is 0 Å². The van der Waals surface area contributed by atoms with Gasteiger partial charge in [-0.1, -0.05) is 36.4 Å². The molecule has 0 aliphatic carbocycles. The first-order valence-corrected chi connectivity index (χ1v) is 6.07. The molecule has 1 unspecified atom stereocenters. The molecule has 0 fully saturated rings. The van der Waals surface area contributed by atoms with Crippen molar-refractivity contribution < 1.29 is 9.84 Å². The topological polar surface area (TPSA) is 29.5 Å². The maximum atomic E-state index is 10.2. The number of methoxy groups -OCH3 is 1. The van der Waals surface area contributed by atoms with Crippen LogP contribution in [-0.4, -0.2) is 12.2 Å². The number of ether oxygens (including phenoxy) is 1. The van der Waals surface area contributed by atoms with Crippen molar-refractivity contribution in [1.82, 2.24) is 0 Å². The molecule has 1 N–H and O–H groups in total. The highest BCUT2D eigenvalue weighted by molar-refractivity contribution is 5.31. The summed E-state index contributed by atoms with van der Waals surface area (Å²) in [6, 6.07) is 15.7. The van der Waals surface area contributed by atoms with Crippen molar-refractivity contribution in [1.29, 1.82) is 0 Å². The molecule has 0 aliphatic heterocycles. The second-order valence-electron chi connectivity index (χ2n) is 4.42. The summed E-state index contributed by atoms with van der Waals surface area (Å²) >= 11 is 0. The second kappa shape index (κ2) is 5.69. The second-order valence-corrected chi connectivity index (χ2v) is 4.42. The Hall–Kier alpha value is -1.80. The summed E-state index contributed by atoms with van der Waals surface area (Å²) in [6.07, 6.45) is 0.163. The van der Waals surface area contributed by atoms with Gasteiger partial charge in [0.15, 0.2) is 0 Å². The van der Waals surface area contributed by atoms with Crippen LogP contribution < -0.4 is 4.74 Å². The highest BCUT2D eigenvalue weighted by Gasteiger charge is 2.09. The van der Waals surface area contributed by atoms with Crippen LogP contribution in [0, 0.1) is 6.92 Å². The normalized spacial score (nSPS) is 12.2. The van der Waals surface area contributed by atoms with Crippen molar-refractivity contribution in [3.8, 4) is 5.75 Å². The van der Waals surface area contributed by atoms with Gasteiger partial charge in [-0.25, -0.2) is 0 Å². The van der Waals surface area contributed by atoms with E-state index in [1.807, 2.05) is 36.4 Å². The number of rotatable bonds is 4. The quantitative estimate of drug-likeness (QED) is 0.891. The lowest BCUT2D eigenvalue weighted by Gasteiger charge is -2.13. The van der Waals surface area contributed by atoms with E-state index in [9.17, 15) is 5.11 Å². The zero-order valence-corrected chi connectivity index (χ0v) is 10.8. The third-order valence-electron chi connectivity index (χ3n) is 3.18. The van der Waals surface area contributed by atoms with Crippen molar-refractivity contribution >= 4 is 0 Å². The monoisotopic (exact) mass is 242 g/mol. The number of aliphatic hydroxyl groups is 1. The molecule has 0 saturated carbocycles. The summed E-state index contributed by atoms with van der Waals surface area (Å²) < 4.78 is 5.10. The molecule has 94 valence electrons. The summed E-state index contributed by atoms with van der Waals surface area (Å²) in [5.74, 6) is 0.807. The minimum absolute atomic E-state index is 0.475. The molecular weight excluding hydrogens is 224 g/mol. The Morgan fingerprint density at radius 1 is 1.06 bits per heavy atom. The van der Waals surface area contributed by atoms with E-state index in [2.05, 4.69) is 19.1 Å². The van der Waals surface area contributed by atoms with Gasteiger partial charge in [0.25, 0.3) is 0 Å². The Kier molecular flexibility index (Phi) is 4.00. The average molecular weight is 242 g/mol. The molecule has 0 amide bonds. The van der Waals surface area contributed by atoms with Crippen LogP contribution in [0.4, 0.5) is 0 Å². The number of hydrogen-bond donors (Lipinski definition) is 1. The first-order chi connectivity index (χ1) is 8.70. The van der Waals surface area contributed by atoms with Crippen LogP contribution in [0.2, 0.25) is 0 Å². The van der Waals surface area contributed by atoms with Gasteiger partial charge in [0.2, 0.25) is 0 Å². The highest BCUT2D eigenvalue weighted by atomic mass is 16.5. The summed E-state index contributed by atoms with van der Waals surface area (Å²) in [7, 11) is 1.64. The van der Waals surface area contributed by atoms with Gasteiger partial charge >= 0.3 is 0 Å². The standard InChI is InChI=1S/C16H18O2/c1-12-5-3-4-6-14(12)11-16(17)13-7-9-15(18-2)10-8-13/h3-10,16-17H,11H2,1-2H3. The smallest absolute Gasteiger partial charge is 0.118 e. The molecule has 0 radical (unpaired) electrons. The molecule has 2 heteroatoms. The van der Waals surface area contributed by atoms with E-state index in [0.29, 0.717) is 6.42 Å². The molecule has 0 heterocycles. The zero-order chi connectivity index (χ0) is 13.0. The molecule has 18 heavy (non-hydrogen) atoms. The SMILES string of the molecule is COc1ccc(C(O)Cc2ccccc2C)cc1. The summed E-state index contributed by atoms with van der Waals surface area (Å²) in [5.41, 5.74) is 3.31. The maximum Gasteiger partial charge on any atom is 0.118 e. The van der Waals surface area contributed by atoms with Crippen molar-refractivity contribution in [2.24, 2.45) is 0 Å². The van der Waals surface area contributed by atoms with E-state index >= 15 is 0 Å². The zero-order valence-electron chi connectivity index (χ0n) is 10.8. The van der Waals surface area contributed by atoms with Crippen LogP contribution >= 0.6 is 0 Å². The van der Waals surface area contributed by atoms with Crippen LogP contribution in [0.15, 0.2) is 48.5 Å². The van der Waals surface area contributed by atoms with Crippen LogP contribution in [0.5, 0.6) is 5.75 Å². The molecule has 0 saturated heterocycles. The molecule has 2 nitrogen and oxygen atoms in total. The van der Waals surface area contributed by atoms with Gasteiger partial charge in [0.05, 0.1) is 13.2 Å². The number of aryl methyl sites for hydroxylation is 1. The maximum absolute atomic E-state index is 10.2. The van der Waals surface area contributed by atoms with Crippen LogP contribution in [-0.2, 0) is 6.42 Å². The first-order valence-electron chi connectivity index (χ1n) is 6.07. The minimum atomic E-state index is -0.475. The van der Waals surface area contributed by atoms with E-state index < -0.39 is 6.10 Å². The fraction of sp³-hybridized carbons (Fsp3) is 0.250. The lowest BCUT2D eigenvalue weighted by Crippen LogP contribution is -2.03. The molecule has 0 aromatic heterocycles. The van der Waals surface area contributed by atoms with Crippen LogP contribution in [0.1, 0.15) is 22.8 Å². The number of benzene rings is 2. The van der Waals surface area contributed by atoms with Crippen LogP contribution in [0.3, 0.4) is 0 Å². The van der Waals surface area contributed by atoms with E-state index in [4.69, 9.17) is 4.74 Å². The van der Waals surface area contributed by atoms with Gasteiger partial charge in [0, 0.05) is 6.42 Å². The van der Waals surface area contributed by atoms with Gasteiger partial charge in [-0.3, -0.25) is 0 Å². The van der Waals surface area contributed by atoms with Gasteiger partial charge < -0.3 is 9.84 Å². The van der Waals surface area contributed by atoms with Crippen molar-refractivity contribution in [3.05, 3.63) is 65.2 Å². The molecule has 1 atom stereocenters. The Bertz CT molecular complexity index is 503. The minimum Gasteiger partial charge on any atom is -0.497 e. The fourth-order valence-corrected chi connectivity index (χ4v) is 1.99. The third-order valence-corrected chi connectivity index (χ3v) is 3.18. The number of hydrogen-bond acceptors (Lipinski definition) is 2. The first kappa shape index (κ1) is 12.7. The molecule has 0 spiro atoms. The lowest BCUT2D eigenvalue weighted by molar-refractivity contribution is 0.178. The molecule has 2 rings (SSSR count). The summed E-state index contributed by atoms with van der Waals surface area (Å²) in [6.45, 7) is 2.07. The molecule has 0 aliphatic rings. The number of aliphatic hydroxyl groups excluding tert-OH is 1. The summed E-state index contributed by atoms with van der Waals surface area (Å²) in [5, 5.41) is 10.2. The Labute approximate surface area is 108 Å². The van der Waals surface area contributed by atoms with Crippen molar-refractivity contribution in [2.45, 2.75) is 19.4 Å². The predicted octanol–water partition coefficient (Wildman–Crippen LogP) is 3.28. The molecule has 0 bridgehead atoms. The summed E-state index contributed by atoms with van der Waals surface area (Å²) in [4.78, 5) is 0. The van der Waals surface area contributed by atoms with E-state index in [1.54, 1.807) is 7.11 Å². The molecular formula is C16H18O2. The van der Waals surface area contributed by atoms with Crippen molar-refractivity contribution in [2.75, 3.05) is 7.11 Å². The molecule has 2 aromatic rings. The Morgan fingerprint density at radius 3 is 2.33 bits per heavy atom. The average Bonchev–Trinajstić information content (AvgIpc) is 2.41. The highest BCUT2D eigenvalue weighted by Crippen LogP contribution is 2.22. The van der Waals surface area contributed by atoms with Gasteiger partial charge in [-0.15, -0.1) is 0 Å². The predicted molar refractivity (Wildman–Crippen MR) is 72.8 cm³/mol. The van der Waals surface area contributed by atoms with Gasteiger partial charge in [-0.2, -0.15) is 0 Å². The Balaban J connectivity index is 2.11. The van der Waals surface area contributed by atoms with E-state index in [1.165, 1.54) is 11.1 Å². The van der Waals surface area contributed by atoms with E-state index in [0.717, 1.165) is 11.3 Å². The Morgan fingerprint density at radius 2 is 1.72 bits per heavy atom.